The van der Waals surface area contributed by atoms with Gasteiger partial charge in [-0.15, -0.1) is 0 Å². The summed E-state index contributed by atoms with van der Waals surface area (Å²) in [6.07, 6.45) is 0. The second-order valence-electron chi connectivity index (χ2n) is 3.09. The predicted molar refractivity (Wildman–Crippen MR) is 63.0 cm³/mol. The molecule has 0 aliphatic heterocycles. The Kier molecular flexibility index (Phi) is 3.26. The Morgan fingerprint density at radius 1 is 1.38 bits per heavy atom. The van der Waals surface area contributed by atoms with Crippen LogP contribution in [0.1, 0.15) is 5.69 Å². The van der Waals surface area contributed by atoms with E-state index in [1.165, 1.54) is 17.8 Å². The summed E-state index contributed by atoms with van der Waals surface area (Å²) in [5.41, 5.74) is 0.505. The second kappa shape index (κ2) is 4.67. The zero-order valence-electron chi connectivity index (χ0n) is 8.40. The first-order valence-electron chi connectivity index (χ1n) is 4.52. The van der Waals surface area contributed by atoms with E-state index in [1.54, 1.807) is 25.1 Å². The van der Waals surface area contributed by atoms with Gasteiger partial charge in [0.1, 0.15) is 10.2 Å². The first kappa shape index (κ1) is 11.2. The molecule has 0 saturated heterocycles. The van der Waals surface area contributed by atoms with E-state index in [4.69, 9.17) is 11.6 Å². The van der Waals surface area contributed by atoms with Gasteiger partial charge in [0.2, 0.25) is 0 Å². The number of aromatic amines is 1. The van der Waals surface area contributed by atoms with Crippen molar-refractivity contribution in [1.29, 1.82) is 0 Å². The zero-order valence-corrected chi connectivity index (χ0v) is 9.97. The molecule has 0 aliphatic carbocycles. The van der Waals surface area contributed by atoms with Crippen LogP contribution in [-0.2, 0) is 0 Å². The molecule has 0 spiro atoms. The lowest BCUT2D eigenvalue weighted by Crippen LogP contribution is -2.07. The van der Waals surface area contributed by atoms with Crippen LogP contribution in [0.5, 0.6) is 0 Å². The van der Waals surface area contributed by atoms with E-state index in [-0.39, 0.29) is 5.56 Å². The molecule has 2 heterocycles. The summed E-state index contributed by atoms with van der Waals surface area (Å²) in [7, 11) is 0. The van der Waals surface area contributed by atoms with E-state index in [1.807, 2.05) is 0 Å². The van der Waals surface area contributed by atoms with Gasteiger partial charge in [0.05, 0.1) is 0 Å². The summed E-state index contributed by atoms with van der Waals surface area (Å²) >= 11 is 7.02. The Morgan fingerprint density at radius 2 is 2.19 bits per heavy atom. The third-order valence-electron chi connectivity index (χ3n) is 1.74. The van der Waals surface area contributed by atoms with Crippen molar-refractivity contribution in [3.05, 3.63) is 45.5 Å². The minimum atomic E-state index is -0.169. The maximum absolute atomic E-state index is 11.2. The summed E-state index contributed by atoms with van der Waals surface area (Å²) in [5.74, 6) is 0. The van der Waals surface area contributed by atoms with Gasteiger partial charge in [0, 0.05) is 11.8 Å². The highest BCUT2D eigenvalue weighted by Gasteiger charge is 2.02. The molecule has 6 heteroatoms. The van der Waals surface area contributed by atoms with E-state index < -0.39 is 0 Å². The van der Waals surface area contributed by atoms with Crippen molar-refractivity contribution < 1.29 is 0 Å². The lowest BCUT2D eigenvalue weighted by Gasteiger charge is -2.00. The van der Waals surface area contributed by atoms with Crippen molar-refractivity contribution >= 4 is 23.4 Å². The number of nitrogens with one attached hydrogen (secondary N) is 1. The van der Waals surface area contributed by atoms with Gasteiger partial charge in [-0.1, -0.05) is 17.7 Å². The van der Waals surface area contributed by atoms with Crippen LogP contribution in [0, 0.1) is 6.92 Å². The van der Waals surface area contributed by atoms with Crippen molar-refractivity contribution in [2.75, 3.05) is 0 Å². The lowest BCUT2D eigenvalue weighted by molar-refractivity contribution is 0.902. The van der Waals surface area contributed by atoms with Crippen molar-refractivity contribution in [2.45, 2.75) is 17.1 Å². The van der Waals surface area contributed by atoms with E-state index in [0.29, 0.717) is 21.0 Å². The Labute approximate surface area is 101 Å². The van der Waals surface area contributed by atoms with Gasteiger partial charge in [-0.25, -0.2) is 9.97 Å². The molecule has 1 N–H and O–H groups in total. The monoisotopic (exact) mass is 253 g/mol. The van der Waals surface area contributed by atoms with Gasteiger partial charge < -0.3 is 4.98 Å². The lowest BCUT2D eigenvalue weighted by atomic mass is 10.5. The number of aromatic nitrogens is 3. The maximum Gasteiger partial charge on any atom is 0.251 e. The number of halogens is 1. The normalized spacial score (nSPS) is 10.4. The van der Waals surface area contributed by atoms with Crippen LogP contribution in [-0.4, -0.2) is 15.0 Å². The molecule has 0 bridgehead atoms. The number of hydrogen-bond acceptors (Lipinski definition) is 4. The summed E-state index contributed by atoms with van der Waals surface area (Å²) in [4.78, 5) is 22.1. The van der Waals surface area contributed by atoms with Crippen LogP contribution in [0.4, 0.5) is 0 Å². The van der Waals surface area contributed by atoms with Crippen LogP contribution in [0.3, 0.4) is 0 Å². The van der Waals surface area contributed by atoms with Crippen LogP contribution in [0.2, 0.25) is 5.15 Å². The van der Waals surface area contributed by atoms with Gasteiger partial charge >= 0.3 is 0 Å². The van der Waals surface area contributed by atoms with Gasteiger partial charge in [-0.05, 0) is 30.8 Å². The molecule has 0 unspecified atom stereocenters. The topological polar surface area (TPSA) is 58.6 Å². The number of nitrogens with zero attached hydrogens (tertiary/aromatic N) is 2. The number of rotatable bonds is 2. The van der Waals surface area contributed by atoms with Crippen LogP contribution >= 0.6 is 23.4 Å². The number of aryl methyl sites for hydroxylation is 1. The molecule has 0 amide bonds. The molecule has 0 radical (unpaired) electrons. The fourth-order valence-corrected chi connectivity index (χ4v) is 2.19. The molecule has 2 aromatic rings. The van der Waals surface area contributed by atoms with Crippen LogP contribution in [0.25, 0.3) is 0 Å². The molecule has 82 valence electrons. The van der Waals surface area contributed by atoms with E-state index in [9.17, 15) is 4.79 Å². The third kappa shape index (κ3) is 2.84. The van der Waals surface area contributed by atoms with Gasteiger partial charge in [-0.3, -0.25) is 4.79 Å². The minimum absolute atomic E-state index is 0.169. The summed E-state index contributed by atoms with van der Waals surface area (Å²) in [6, 6.07) is 6.73. The van der Waals surface area contributed by atoms with E-state index in [0.717, 1.165) is 0 Å². The molecule has 16 heavy (non-hydrogen) atoms. The van der Waals surface area contributed by atoms with Gasteiger partial charge in [0.25, 0.3) is 5.56 Å². The molecule has 0 fully saturated rings. The average molecular weight is 254 g/mol. The smallest absolute Gasteiger partial charge is 0.251 e. The maximum atomic E-state index is 11.2. The molecule has 2 aromatic heterocycles. The molecular formula is C10H8ClN3OS. The highest BCUT2D eigenvalue weighted by Crippen LogP contribution is 2.22. The number of hydrogen-bond donors (Lipinski definition) is 1. The molecule has 4 nitrogen and oxygen atoms in total. The van der Waals surface area contributed by atoms with Gasteiger partial charge in [-0.2, -0.15) is 0 Å². The largest absolute Gasteiger partial charge is 0.301 e. The molecular weight excluding hydrogens is 246 g/mol. The Morgan fingerprint density at radius 3 is 2.88 bits per heavy atom. The van der Waals surface area contributed by atoms with E-state index >= 15 is 0 Å². The Balaban J connectivity index is 2.30. The fourth-order valence-electron chi connectivity index (χ4n) is 1.15. The van der Waals surface area contributed by atoms with Crippen molar-refractivity contribution in [2.24, 2.45) is 0 Å². The Hall–Kier alpha value is -1.33. The third-order valence-corrected chi connectivity index (χ3v) is 2.77. The van der Waals surface area contributed by atoms with Crippen molar-refractivity contribution in [3.8, 4) is 0 Å². The van der Waals surface area contributed by atoms with Crippen molar-refractivity contribution in [1.82, 2.24) is 15.0 Å². The second-order valence-corrected chi connectivity index (χ2v) is 4.49. The minimum Gasteiger partial charge on any atom is -0.301 e. The Bertz CT molecular complexity index is 570. The SMILES string of the molecule is Cc1cc(=O)[nH]c(Sc2cccc(Cl)n2)n1. The average Bonchev–Trinajstić information content (AvgIpc) is 2.15. The van der Waals surface area contributed by atoms with E-state index in [2.05, 4.69) is 15.0 Å². The molecule has 2 rings (SSSR count). The quantitative estimate of drug-likeness (QED) is 0.659. The molecule has 0 aromatic carbocycles. The number of pyridine rings is 1. The molecule has 0 aliphatic rings. The standard InChI is InChI=1S/C10H8ClN3OS/c1-6-5-8(15)14-10(12-6)16-9-4-2-3-7(11)13-9/h2-5H,1H3,(H,12,14,15). The first-order valence-corrected chi connectivity index (χ1v) is 5.71. The zero-order chi connectivity index (χ0) is 11.5. The summed E-state index contributed by atoms with van der Waals surface area (Å²) in [6.45, 7) is 1.77. The molecule has 0 saturated carbocycles. The predicted octanol–water partition coefficient (Wildman–Crippen LogP) is 2.28. The molecule has 0 atom stereocenters. The highest BCUT2D eigenvalue weighted by molar-refractivity contribution is 7.99. The first-order chi connectivity index (χ1) is 7.63. The summed E-state index contributed by atoms with van der Waals surface area (Å²) < 4.78 is 0. The van der Waals surface area contributed by atoms with Crippen LogP contribution in [0.15, 0.2) is 39.2 Å². The number of H-pyrrole nitrogens is 1. The highest BCUT2D eigenvalue weighted by atomic mass is 35.5. The van der Waals surface area contributed by atoms with Crippen LogP contribution < -0.4 is 5.56 Å². The fraction of sp³-hybridized carbons (Fsp3) is 0.100. The summed E-state index contributed by atoms with van der Waals surface area (Å²) in [5, 5.41) is 1.63. The van der Waals surface area contributed by atoms with Crippen molar-refractivity contribution in [3.63, 3.8) is 0 Å². The van der Waals surface area contributed by atoms with Gasteiger partial charge in [0.15, 0.2) is 5.16 Å².